The summed E-state index contributed by atoms with van der Waals surface area (Å²) in [6.07, 6.45) is 0.387. The van der Waals surface area contributed by atoms with Gasteiger partial charge in [-0.2, -0.15) is 0 Å². The molecule has 1 heterocycles. The molecule has 3 rings (SSSR count). The highest BCUT2D eigenvalue weighted by molar-refractivity contribution is 6.03. The van der Waals surface area contributed by atoms with Crippen molar-refractivity contribution in [2.24, 2.45) is 0 Å². The van der Waals surface area contributed by atoms with E-state index in [1.54, 1.807) is 4.90 Å². The SMILES string of the molecule is CCN1C(=O)Cc2cc(NC(=O)Nc3cccc(C)c3)ccc21. The van der Waals surface area contributed by atoms with Gasteiger partial charge in [-0.3, -0.25) is 4.79 Å². The van der Waals surface area contributed by atoms with Gasteiger partial charge in [0, 0.05) is 23.6 Å². The van der Waals surface area contributed by atoms with Crippen molar-refractivity contribution in [3.8, 4) is 0 Å². The van der Waals surface area contributed by atoms with Gasteiger partial charge in [0.25, 0.3) is 0 Å². The van der Waals surface area contributed by atoms with Crippen LogP contribution in [0.2, 0.25) is 0 Å². The summed E-state index contributed by atoms with van der Waals surface area (Å²) in [4.78, 5) is 25.7. The van der Waals surface area contributed by atoms with Crippen molar-refractivity contribution in [1.82, 2.24) is 0 Å². The second kappa shape index (κ2) is 6.12. The summed E-state index contributed by atoms with van der Waals surface area (Å²) in [7, 11) is 0. The number of urea groups is 1. The minimum absolute atomic E-state index is 0.101. The molecular weight excluding hydrogens is 290 g/mol. The second-order valence-corrected chi connectivity index (χ2v) is 5.61. The average molecular weight is 309 g/mol. The van der Waals surface area contributed by atoms with Crippen LogP contribution in [0.1, 0.15) is 18.1 Å². The van der Waals surface area contributed by atoms with Gasteiger partial charge >= 0.3 is 6.03 Å². The van der Waals surface area contributed by atoms with Crippen LogP contribution in [0.5, 0.6) is 0 Å². The van der Waals surface area contributed by atoms with Crippen LogP contribution in [0.25, 0.3) is 0 Å². The van der Waals surface area contributed by atoms with Crippen LogP contribution in [-0.4, -0.2) is 18.5 Å². The Morgan fingerprint density at radius 1 is 1.13 bits per heavy atom. The van der Waals surface area contributed by atoms with E-state index in [0.717, 1.165) is 22.5 Å². The number of fused-ring (bicyclic) bond motifs is 1. The third-order valence-corrected chi connectivity index (χ3v) is 3.86. The second-order valence-electron chi connectivity index (χ2n) is 5.61. The van der Waals surface area contributed by atoms with Crippen molar-refractivity contribution in [3.05, 3.63) is 53.6 Å². The first kappa shape index (κ1) is 15.1. The number of nitrogens with zero attached hydrogens (tertiary/aromatic N) is 1. The van der Waals surface area contributed by atoms with E-state index in [-0.39, 0.29) is 11.9 Å². The first-order chi connectivity index (χ1) is 11.1. The fraction of sp³-hybridized carbons (Fsp3) is 0.222. The van der Waals surface area contributed by atoms with E-state index < -0.39 is 0 Å². The van der Waals surface area contributed by atoms with Crippen LogP contribution in [-0.2, 0) is 11.2 Å². The molecule has 0 radical (unpaired) electrons. The Kier molecular flexibility index (Phi) is 4.02. The number of rotatable bonds is 3. The fourth-order valence-corrected chi connectivity index (χ4v) is 2.82. The molecule has 118 valence electrons. The summed E-state index contributed by atoms with van der Waals surface area (Å²) in [5, 5.41) is 5.61. The summed E-state index contributed by atoms with van der Waals surface area (Å²) in [6.45, 7) is 4.58. The molecule has 1 aliphatic rings. The molecule has 0 spiro atoms. The number of aryl methyl sites for hydroxylation is 1. The Bertz CT molecular complexity index is 771. The van der Waals surface area contributed by atoms with Crippen molar-refractivity contribution in [2.45, 2.75) is 20.3 Å². The Morgan fingerprint density at radius 3 is 2.57 bits per heavy atom. The molecule has 0 aromatic heterocycles. The van der Waals surface area contributed by atoms with Crippen LogP contribution in [0.3, 0.4) is 0 Å². The minimum Gasteiger partial charge on any atom is -0.312 e. The number of carbonyl (C=O) groups is 2. The summed E-state index contributed by atoms with van der Waals surface area (Å²) < 4.78 is 0. The third kappa shape index (κ3) is 3.18. The van der Waals surface area contributed by atoms with Crippen molar-refractivity contribution < 1.29 is 9.59 Å². The number of amides is 3. The maximum Gasteiger partial charge on any atom is 0.323 e. The van der Waals surface area contributed by atoms with Gasteiger partial charge in [-0.05, 0) is 55.3 Å². The number of likely N-dealkylation sites (N-methyl/N-ethyl adjacent to an activating group) is 1. The molecule has 0 atom stereocenters. The number of hydrogen-bond donors (Lipinski definition) is 2. The Labute approximate surface area is 135 Å². The third-order valence-electron chi connectivity index (χ3n) is 3.86. The van der Waals surface area contributed by atoms with Crippen molar-refractivity contribution in [1.29, 1.82) is 0 Å². The average Bonchev–Trinajstić information content (AvgIpc) is 2.81. The first-order valence-electron chi connectivity index (χ1n) is 7.65. The highest BCUT2D eigenvalue weighted by Crippen LogP contribution is 2.31. The highest BCUT2D eigenvalue weighted by atomic mass is 16.2. The molecule has 3 amide bonds. The van der Waals surface area contributed by atoms with Gasteiger partial charge in [-0.25, -0.2) is 4.79 Å². The van der Waals surface area contributed by atoms with E-state index in [1.165, 1.54) is 0 Å². The molecule has 0 unspecified atom stereocenters. The van der Waals surface area contributed by atoms with Gasteiger partial charge in [0.1, 0.15) is 0 Å². The summed E-state index contributed by atoms with van der Waals surface area (Å²) in [5.74, 6) is 0.101. The number of anilines is 3. The van der Waals surface area contributed by atoms with Crippen LogP contribution in [0, 0.1) is 6.92 Å². The predicted molar refractivity (Wildman–Crippen MR) is 92.0 cm³/mol. The molecule has 2 aromatic rings. The summed E-state index contributed by atoms with van der Waals surface area (Å²) in [6, 6.07) is 12.9. The Balaban J connectivity index is 1.71. The van der Waals surface area contributed by atoms with Gasteiger partial charge < -0.3 is 15.5 Å². The lowest BCUT2D eigenvalue weighted by Crippen LogP contribution is -2.25. The molecule has 0 fully saturated rings. The lowest BCUT2D eigenvalue weighted by Gasteiger charge is -2.15. The molecule has 23 heavy (non-hydrogen) atoms. The zero-order valence-corrected chi connectivity index (χ0v) is 13.2. The molecule has 0 saturated heterocycles. The molecule has 5 nitrogen and oxygen atoms in total. The summed E-state index contributed by atoms with van der Waals surface area (Å²) >= 11 is 0. The zero-order chi connectivity index (χ0) is 16.4. The number of benzene rings is 2. The number of carbonyl (C=O) groups excluding carboxylic acids is 2. The Hall–Kier alpha value is -2.82. The van der Waals surface area contributed by atoms with E-state index in [9.17, 15) is 9.59 Å². The van der Waals surface area contributed by atoms with E-state index in [2.05, 4.69) is 10.6 Å². The maximum atomic E-state index is 12.1. The monoisotopic (exact) mass is 309 g/mol. The van der Waals surface area contributed by atoms with Crippen molar-refractivity contribution in [3.63, 3.8) is 0 Å². The number of hydrogen-bond acceptors (Lipinski definition) is 2. The predicted octanol–water partition coefficient (Wildman–Crippen LogP) is 3.55. The van der Waals surface area contributed by atoms with Crippen LogP contribution in [0.15, 0.2) is 42.5 Å². The van der Waals surface area contributed by atoms with Gasteiger partial charge in [-0.15, -0.1) is 0 Å². The smallest absolute Gasteiger partial charge is 0.312 e. The van der Waals surface area contributed by atoms with Crippen molar-refractivity contribution >= 4 is 29.0 Å². The molecule has 2 aromatic carbocycles. The standard InChI is InChI=1S/C18H19N3O2/c1-3-21-16-8-7-15(10-13(16)11-17(21)22)20-18(23)19-14-6-4-5-12(2)9-14/h4-10H,3,11H2,1-2H3,(H2,19,20,23). The lowest BCUT2D eigenvalue weighted by atomic mass is 10.1. The number of nitrogens with one attached hydrogen (secondary N) is 2. The molecule has 2 N–H and O–H groups in total. The zero-order valence-electron chi connectivity index (χ0n) is 13.2. The molecule has 0 saturated carbocycles. The van der Waals surface area contributed by atoms with Gasteiger partial charge in [-0.1, -0.05) is 12.1 Å². The fourth-order valence-electron chi connectivity index (χ4n) is 2.82. The normalized spacial score (nSPS) is 13.0. The van der Waals surface area contributed by atoms with Crippen molar-refractivity contribution in [2.75, 3.05) is 22.1 Å². The largest absolute Gasteiger partial charge is 0.323 e. The molecule has 5 heteroatoms. The quantitative estimate of drug-likeness (QED) is 0.911. The van der Waals surface area contributed by atoms with E-state index in [0.29, 0.717) is 18.7 Å². The van der Waals surface area contributed by atoms with Gasteiger partial charge in [0.15, 0.2) is 0 Å². The Morgan fingerprint density at radius 2 is 1.87 bits per heavy atom. The minimum atomic E-state index is -0.299. The molecule has 0 aliphatic carbocycles. The van der Waals surface area contributed by atoms with E-state index >= 15 is 0 Å². The molecule has 0 bridgehead atoms. The molecule has 1 aliphatic heterocycles. The first-order valence-corrected chi connectivity index (χ1v) is 7.65. The highest BCUT2D eigenvalue weighted by Gasteiger charge is 2.25. The van der Waals surface area contributed by atoms with E-state index in [1.807, 2.05) is 56.3 Å². The van der Waals surface area contributed by atoms with Gasteiger partial charge in [0.2, 0.25) is 5.91 Å². The van der Waals surface area contributed by atoms with Gasteiger partial charge in [0.05, 0.1) is 6.42 Å². The summed E-state index contributed by atoms with van der Waals surface area (Å²) in [5.41, 5.74) is 4.39. The van der Waals surface area contributed by atoms with Crippen LogP contribution in [0.4, 0.5) is 21.9 Å². The molecular formula is C18H19N3O2. The van der Waals surface area contributed by atoms with Crippen LogP contribution >= 0.6 is 0 Å². The van der Waals surface area contributed by atoms with E-state index in [4.69, 9.17) is 0 Å². The topological polar surface area (TPSA) is 61.4 Å². The maximum absolute atomic E-state index is 12.1. The van der Waals surface area contributed by atoms with Crippen LogP contribution < -0.4 is 15.5 Å². The lowest BCUT2D eigenvalue weighted by molar-refractivity contribution is -0.117.